The molecule has 0 aromatic heterocycles. The molecule has 0 bridgehead atoms. The number of nitrogens with one attached hydrogen (secondary N) is 1. The number of hydrogen-bond acceptors (Lipinski definition) is 4. The van der Waals surface area contributed by atoms with Gasteiger partial charge in [-0.05, 0) is 43.4 Å². The van der Waals surface area contributed by atoms with Crippen molar-refractivity contribution in [2.75, 3.05) is 33.9 Å². The van der Waals surface area contributed by atoms with E-state index >= 15 is 0 Å². The molecular weight excluding hydrogens is 392 g/mol. The Labute approximate surface area is 183 Å². The minimum absolute atomic E-state index is 0.00172. The number of likely N-dealkylation sites (tertiary alicyclic amines) is 1. The van der Waals surface area contributed by atoms with E-state index in [-0.39, 0.29) is 23.7 Å². The third-order valence-electron chi connectivity index (χ3n) is 6.41. The molecule has 2 unspecified atom stereocenters. The molecule has 1 aliphatic carbocycles. The Kier molecular flexibility index (Phi) is 6.16. The van der Waals surface area contributed by atoms with Gasteiger partial charge in [0.25, 0.3) is 5.91 Å². The van der Waals surface area contributed by atoms with Crippen molar-refractivity contribution in [2.24, 2.45) is 11.8 Å². The van der Waals surface area contributed by atoms with E-state index in [9.17, 15) is 9.59 Å². The first-order chi connectivity index (χ1) is 15.0. The van der Waals surface area contributed by atoms with Crippen LogP contribution in [0.4, 0.5) is 0 Å². The van der Waals surface area contributed by atoms with Crippen LogP contribution < -0.4 is 14.8 Å². The van der Waals surface area contributed by atoms with Crippen LogP contribution in [0, 0.1) is 18.8 Å². The van der Waals surface area contributed by atoms with E-state index in [1.165, 1.54) is 12.8 Å². The van der Waals surface area contributed by atoms with Crippen molar-refractivity contribution in [3.63, 3.8) is 0 Å². The van der Waals surface area contributed by atoms with Crippen LogP contribution in [0.15, 0.2) is 42.5 Å². The number of rotatable bonds is 7. The fourth-order valence-corrected chi connectivity index (χ4v) is 4.44. The number of benzene rings is 2. The Morgan fingerprint density at radius 3 is 2.48 bits per heavy atom. The minimum Gasteiger partial charge on any atom is -0.493 e. The Balaban J connectivity index is 1.64. The van der Waals surface area contributed by atoms with Crippen molar-refractivity contribution >= 4 is 11.8 Å². The van der Waals surface area contributed by atoms with E-state index in [1.54, 1.807) is 19.1 Å². The molecule has 2 aliphatic rings. The molecule has 0 radical (unpaired) electrons. The van der Waals surface area contributed by atoms with Gasteiger partial charge in [0.1, 0.15) is 0 Å². The maximum absolute atomic E-state index is 13.3. The SMILES string of the molecule is COc1cccc(C2CN(C(=O)c3ccccc3C)CC2C(=O)NCC2CC2)c1OC. The van der Waals surface area contributed by atoms with E-state index in [0.717, 1.165) is 11.1 Å². The Morgan fingerprint density at radius 2 is 1.81 bits per heavy atom. The second kappa shape index (κ2) is 9.00. The first kappa shape index (κ1) is 21.2. The zero-order valence-electron chi connectivity index (χ0n) is 18.4. The lowest BCUT2D eigenvalue weighted by atomic mass is 9.87. The van der Waals surface area contributed by atoms with E-state index in [1.807, 2.05) is 49.4 Å². The molecule has 2 amide bonds. The summed E-state index contributed by atoms with van der Waals surface area (Å²) in [5.41, 5.74) is 2.51. The van der Waals surface area contributed by atoms with Crippen LogP contribution in [0.5, 0.6) is 11.5 Å². The first-order valence-corrected chi connectivity index (χ1v) is 10.9. The molecule has 4 rings (SSSR count). The zero-order valence-corrected chi connectivity index (χ0v) is 18.4. The molecular formula is C25H30N2O4. The van der Waals surface area contributed by atoms with E-state index in [2.05, 4.69) is 5.32 Å². The highest BCUT2D eigenvalue weighted by atomic mass is 16.5. The van der Waals surface area contributed by atoms with Crippen LogP contribution in [-0.2, 0) is 4.79 Å². The number of carbonyl (C=O) groups excluding carboxylic acids is 2. The quantitative estimate of drug-likeness (QED) is 0.743. The minimum atomic E-state index is -0.340. The fourth-order valence-electron chi connectivity index (χ4n) is 4.44. The predicted octanol–water partition coefficient (Wildman–Crippen LogP) is 3.39. The van der Waals surface area contributed by atoms with Crippen LogP contribution in [0.1, 0.15) is 40.2 Å². The van der Waals surface area contributed by atoms with Crippen molar-refractivity contribution in [3.8, 4) is 11.5 Å². The van der Waals surface area contributed by atoms with E-state index < -0.39 is 0 Å². The van der Waals surface area contributed by atoms with Crippen LogP contribution in [0.2, 0.25) is 0 Å². The second-order valence-corrected chi connectivity index (χ2v) is 8.51. The number of methoxy groups -OCH3 is 2. The van der Waals surface area contributed by atoms with Crippen molar-refractivity contribution in [3.05, 3.63) is 59.2 Å². The smallest absolute Gasteiger partial charge is 0.254 e. The molecule has 2 aromatic rings. The lowest BCUT2D eigenvalue weighted by Crippen LogP contribution is -2.36. The maximum atomic E-state index is 13.3. The zero-order chi connectivity index (χ0) is 22.0. The first-order valence-electron chi connectivity index (χ1n) is 10.9. The second-order valence-electron chi connectivity index (χ2n) is 8.51. The largest absolute Gasteiger partial charge is 0.493 e. The predicted molar refractivity (Wildman–Crippen MR) is 119 cm³/mol. The standard InChI is InChI=1S/C25H30N2O4/c1-16-7-4-5-8-18(16)25(29)27-14-20(19-9-6-10-22(30-2)23(19)31-3)21(15-27)24(28)26-13-17-11-12-17/h4-10,17,20-21H,11-15H2,1-3H3,(H,26,28). The lowest BCUT2D eigenvalue weighted by molar-refractivity contribution is -0.125. The summed E-state index contributed by atoms with van der Waals surface area (Å²) in [6.45, 7) is 3.49. The average Bonchev–Trinajstić information content (AvgIpc) is 3.52. The molecule has 2 aromatic carbocycles. The summed E-state index contributed by atoms with van der Waals surface area (Å²) in [5.74, 6) is 1.30. The van der Waals surface area contributed by atoms with E-state index in [4.69, 9.17) is 9.47 Å². The van der Waals surface area contributed by atoms with Crippen LogP contribution in [-0.4, -0.2) is 50.6 Å². The normalized spacial score (nSPS) is 20.4. The molecule has 6 nitrogen and oxygen atoms in total. The van der Waals surface area contributed by atoms with Gasteiger partial charge in [0, 0.05) is 36.7 Å². The summed E-state index contributed by atoms with van der Waals surface area (Å²) in [6.07, 6.45) is 2.35. The van der Waals surface area contributed by atoms with Crippen molar-refractivity contribution in [1.82, 2.24) is 10.2 Å². The fraction of sp³-hybridized carbons (Fsp3) is 0.440. The van der Waals surface area contributed by atoms with Crippen LogP contribution in [0.3, 0.4) is 0 Å². The summed E-state index contributed by atoms with van der Waals surface area (Å²) >= 11 is 0. The highest BCUT2D eigenvalue weighted by Crippen LogP contribution is 2.42. The van der Waals surface area contributed by atoms with Gasteiger partial charge in [0.2, 0.25) is 5.91 Å². The van der Waals surface area contributed by atoms with Crippen LogP contribution >= 0.6 is 0 Å². The summed E-state index contributed by atoms with van der Waals surface area (Å²) in [7, 11) is 3.21. The molecule has 1 saturated carbocycles. The number of nitrogens with zero attached hydrogens (tertiary/aromatic N) is 1. The third kappa shape index (κ3) is 4.38. The lowest BCUT2D eigenvalue weighted by Gasteiger charge is -2.21. The molecule has 1 N–H and O–H groups in total. The van der Waals surface area contributed by atoms with Gasteiger partial charge in [-0.1, -0.05) is 30.3 Å². The van der Waals surface area contributed by atoms with Gasteiger partial charge in [-0.25, -0.2) is 0 Å². The number of para-hydroxylation sites is 1. The third-order valence-corrected chi connectivity index (χ3v) is 6.41. The van der Waals surface area contributed by atoms with Gasteiger partial charge in [-0.2, -0.15) is 0 Å². The molecule has 31 heavy (non-hydrogen) atoms. The summed E-state index contributed by atoms with van der Waals surface area (Å²) in [5, 5.41) is 3.11. The average molecular weight is 423 g/mol. The monoisotopic (exact) mass is 422 g/mol. The molecule has 164 valence electrons. The molecule has 2 fully saturated rings. The van der Waals surface area contributed by atoms with Crippen molar-refractivity contribution in [2.45, 2.75) is 25.7 Å². The van der Waals surface area contributed by atoms with Gasteiger partial charge < -0.3 is 19.7 Å². The van der Waals surface area contributed by atoms with Gasteiger partial charge in [0.15, 0.2) is 11.5 Å². The highest BCUT2D eigenvalue weighted by molar-refractivity contribution is 5.96. The summed E-state index contributed by atoms with van der Waals surface area (Å²) < 4.78 is 11.1. The molecule has 1 saturated heterocycles. The Bertz CT molecular complexity index is 970. The van der Waals surface area contributed by atoms with Gasteiger partial charge in [0.05, 0.1) is 20.1 Å². The number of carbonyl (C=O) groups is 2. The summed E-state index contributed by atoms with van der Waals surface area (Å²) in [4.78, 5) is 28.3. The number of amides is 2. The maximum Gasteiger partial charge on any atom is 0.254 e. The molecule has 1 aliphatic heterocycles. The topological polar surface area (TPSA) is 67.9 Å². The van der Waals surface area contributed by atoms with E-state index in [0.29, 0.717) is 42.6 Å². The number of aryl methyl sites for hydroxylation is 1. The number of hydrogen-bond donors (Lipinski definition) is 1. The van der Waals surface area contributed by atoms with Crippen LogP contribution in [0.25, 0.3) is 0 Å². The molecule has 1 heterocycles. The van der Waals surface area contributed by atoms with Gasteiger partial charge in [-0.3, -0.25) is 9.59 Å². The van der Waals surface area contributed by atoms with Crippen molar-refractivity contribution in [1.29, 1.82) is 0 Å². The summed E-state index contributed by atoms with van der Waals surface area (Å²) in [6, 6.07) is 13.3. The molecule has 0 spiro atoms. The molecule has 2 atom stereocenters. The highest BCUT2D eigenvalue weighted by Gasteiger charge is 2.42. The molecule has 6 heteroatoms. The Morgan fingerprint density at radius 1 is 1.03 bits per heavy atom. The van der Waals surface area contributed by atoms with Gasteiger partial charge >= 0.3 is 0 Å². The van der Waals surface area contributed by atoms with Crippen molar-refractivity contribution < 1.29 is 19.1 Å². The van der Waals surface area contributed by atoms with Gasteiger partial charge in [-0.15, -0.1) is 0 Å². The Hall–Kier alpha value is -3.02. The number of ether oxygens (including phenoxy) is 2.